The lowest BCUT2D eigenvalue weighted by Crippen LogP contribution is -2.26. The van der Waals surface area contributed by atoms with Crippen LogP contribution in [-0.4, -0.2) is 6.04 Å². The highest BCUT2D eigenvalue weighted by atomic mass is 14.8. The van der Waals surface area contributed by atoms with E-state index in [0.29, 0.717) is 6.04 Å². The van der Waals surface area contributed by atoms with E-state index in [4.69, 9.17) is 6.57 Å². The van der Waals surface area contributed by atoms with Gasteiger partial charge >= 0.3 is 0 Å². The van der Waals surface area contributed by atoms with Crippen LogP contribution in [0, 0.1) is 12.0 Å². The van der Waals surface area contributed by atoms with Gasteiger partial charge in [0.2, 0.25) is 6.04 Å². The first-order valence-electron chi connectivity index (χ1n) is 3.21. The fraction of sp³-hybridized carbons (Fsp3) is 0.857. The van der Waals surface area contributed by atoms with Gasteiger partial charge in [0.1, 0.15) is 0 Å². The summed E-state index contributed by atoms with van der Waals surface area (Å²) in [5.41, 5.74) is 0.731. The summed E-state index contributed by atoms with van der Waals surface area (Å²) in [5.74, 6) is 0. The van der Waals surface area contributed by atoms with Crippen LogP contribution in [-0.2, 0) is 0 Å². The third-order valence-corrected chi connectivity index (χ3v) is 2.48. The molecule has 0 N–H and O–H groups in total. The van der Waals surface area contributed by atoms with Crippen LogP contribution in [0.2, 0.25) is 0 Å². The zero-order chi connectivity index (χ0) is 5.61. The first kappa shape index (κ1) is 4.38. The van der Waals surface area contributed by atoms with Crippen molar-refractivity contribution in [3.05, 3.63) is 11.4 Å². The van der Waals surface area contributed by atoms with E-state index in [1.807, 2.05) is 0 Å². The van der Waals surface area contributed by atoms with Gasteiger partial charge in [-0.1, -0.05) is 0 Å². The van der Waals surface area contributed by atoms with Crippen molar-refractivity contribution in [3.8, 4) is 0 Å². The molecule has 0 bridgehead atoms. The molecule has 1 nitrogen and oxygen atoms in total. The Hall–Kier alpha value is -0.510. The highest BCUT2D eigenvalue weighted by Crippen LogP contribution is 2.61. The molecule has 2 aliphatic rings. The fourth-order valence-corrected chi connectivity index (χ4v) is 1.62. The highest BCUT2D eigenvalue weighted by Gasteiger charge is 2.56. The summed E-state index contributed by atoms with van der Waals surface area (Å²) < 4.78 is 0. The first-order chi connectivity index (χ1) is 3.85. The summed E-state index contributed by atoms with van der Waals surface area (Å²) in [4.78, 5) is 3.48. The molecule has 0 saturated heterocycles. The minimum absolute atomic E-state index is 0.414. The van der Waals surface area contributed by atoms with Crippen LogP contribution < -0.4 is 0 Å². The Morgan fingerprint density at radius 1 is 1.38 bits per heavy atom. The Balaban J connectivity index is 1.94. The Morgan fingerprint density at radius 3 is 2.38 bits per heavy atom. The van der Waals surface area contributed by atoms with Crippen molar-refractivity contribution in [2.75, 3.05) is 0 Å². The monoisotopic (exact) mass is 107 g/mol. The summed E-state index contributed by atoms with van der Waals surface area (Å²) in [6.07, 6.45) is 5.27. The third-order valence-electron chi connectivity index (χ3n) is 2.48. The summed E-state index contributed by atoms with van der Waals surface area (Å²) in [6.45, 7) is 6.69. The maximum absolute atomic E-state index is 6.69. The average molecular weight is 107 g/mol. The third kappa shape index (κ3) is 0.407. The molecule has 8 heavy (non-hydrogen) atoms. The van der Waals surface area contributed by atoms with Gasteiger partial charge in [0.15, 0.2) is 0 Å². The van der Waals surface area contributed by atoms with Gasteiger partial charge in [-0.3, -0.25) is 0 Å². The molecular weight excluding hydrogens is 98.1 g/mol. The molecular formula is C7H9N. The molecule has 0 radical (unpaired) electrons. The largest absolute Gasteiger partial charge is 0.314 e. The van der Waals surface area contributed by atoms with Gasteiger partial charge in [0, 0.05) is 12.8 Å². The molecule has 2 fully saturated rings. The van der Waals surface area contributed by atoms with Crippen LogP contribution in [0.4, 0.5) is 0 Å². The minimum atomic E-state index is 0.414. The number of hydrogen-bond acceptors (Lipinski definition) is 0. The van der Waals surface area contributed by atoms with Crippen molar-refractivity contribution in [1.29, 1.82) is 0 Å². The molecule has 1 heteroatoms. The summed E-state index contributed by atoms with van der Waals surface area (Å²) in [6, 6.07) is 0.414. The van der Waals surface area contributed by atoms with Crippen LogP contribution in [0.15, 0.2) is 0 Å². The minimum Gasteiger partial charge on any atom is -0.314 e. The summed E-state index contributed by atoms with van der Waals surface area (Å²) in [7, 11) is 0. The highest BCUT2D eigenvalue weighted by molar-refractivity contribution is 5.10. The predicted molar refractivity (Wildman–Crippen MR) is 31.3 cm³/mol. The average Bonchev–Trinajstić information content (AvgIpc) is 2.38. The van der Waals surface area contributed by atoms with E-state index < -0.39 is 0 Å². The van der Waals surface area contributed by atoms with Gasteiger partial charge < -0.3 is 4.85 Å². The molecule has 0 aromatic rings. The normalized spacial score (nSPS) is 31.4. The van der Waals surface area contributed by atoms with E-state index in [1.165, 1.54) is 25.7 Å². The summed E-state index contributed by atoms with van der Waals surface area (Å²) >= 11 is 0. The van der Waals surface area contributed by atoms with Gasteiger partial charge in [-0.15, -0.1) is 0 Å². The van der Waals surface area contributed by atoms with E-state index >= 15 is 0 Å². The standard InChI is InChI=1S/C7H9N/c1-8-6-4-7(5-6)2-3-7/h6H,2-5H2. The zero-order valence-electron chi connectivity index (χ0n) is 4.85. The molecule has 2 rings (SSSR count). The van der Waals surface area contributed by atoms with Crippen molar-refractivity contribution in [2.45, 2.75) is 31.7 Å². The van der Waals surface area contributed by atoms with Crippen LogP contribution in [0.3, 0.4) is 0 Å². The lowest BCUT2D eigenvalue weighted by Gasteiger charge is -2.25. The molecule has 0 heterocycles. The maximum Gasteiger partial charge on any atom is 0.224 e. The summed E-state index contributed by atoms with van der Waals surface area (Å²) in [5, 5.41) is 0. The quantitative estimate of drug-likeness (QED) is 0.416. The van der Waals surface area contributed by atoms with Gasteiger partial charge in [0.05, 0.1) is 0 Å². The predicted octanol–water partition coefficient (Wildman–Crippen LogP) is 1.85. The van der Waals surface area contributed by atoms with Gasteiger partial charge in [-0.2, -0.15) is 0 Å². The van der Waals surface area contributed by atoms with Crippen molar-refractivity contribution in [3.63, 3.8) is 0 Å². The molecule has 0 unspecified atom stereocenters. The van der Waals surface area contributed by atoms with E-state index in [1.54, 1.807) is 0 Å². The van der Waals surface area contributed by atoms with Crippen molar-refractivity contribution >= 4 is 0 Å². The second-order valence-electron chi connectivity index (χ2n) is 3.19. The molecule has 42 valence electrons. The molecule has 0 aromatic heterocycles. The van der Waals surface area contributed by atoms with Gasteiger partial charge in [-0.05, 0) is 18.3 Å². The van der Waals surface area contributed by atoms with Crippen LogP contribution >= 0.6 is 0 Å². The fourth-order valence-electron chi connectivity index (χ4n) is 1.62. The maximum atomic E-state index is 6.69. The van der Waals surface area contributed by atoms with Crippen molar-refractivity contribution < 1.29 is 0 Å². The molecule has 2 aliphatic carbocycles. The van der Waals surface area contributed by atoms with Gasteiger partial charge in [-0.25, -0.2) is 6.57 Å². The van der Waals surface area contributed by atoms with E-state index in [0.717, 1.165) is 5.41 Å². The zero-order valence-corrected chi connectivity index (χ0v) is 4.85. The SMILES string of the molecule is [C-]#[N+]C1CC2(CC2)C1. The Kier molecular flexibility index (Phi) is 0.588. The molecule has 0 amide bonds. The molecule has 2 saturated carbocycles. The van der Waals surface area contributed by atoms with E-state index in [9.17, 15) is 0 Å². The molecule has 0 atom stereocenters. The smallest absolute Gasteiger partial charge is 0.224 e. The number of rotatable bonds is 0. The Morgan fingerprint density at radius 2 is 2.00 bits per heavy atom. The lowest BCUT2D eigenvalue weighted by atomic mass is 9.77. The molecule has 0 aliphatic heterocycles. The second kappa shape index (κ2) is 1.07. The lowest BCUT2D eigenvalue weighted by molar-refractivity contribution is 0.270. The van der Waals surface area contributed by atoms with Crippen molar-refractivity contribution in [1.82, 2.24) is 0 Å². The first-order valence-corrected chi connectivity index (χ1v) is 3.21. The second-order valence-corrected chi connectivity index (χ2v) is 3.19. The van der Waals surface area contributed by atoms with E-state index in [-0.39, 0.29) is 0 Å². The molecule has 1 spiro atoms. The number of hydrogen-bond donors (Lipinski definition) is 0. The van der Waals surface area contributed by atoms with Crippen molar-refractivity contribution in [2.24, 2.45) is 5.41 Å². The van der Waals surface area contributed by atoms with Crippen LogP contribution in [0.1, 0.15) is 25.7 Å². The van der Waals surface area contributed by atoms with E-state index in [2.05, 4.69) is 4.85 Å². The van der Waals surface area contributed by atoms with Gasteiger partial charge in [0.25, 0.3) is 0 Å². The topological polar surface area (TPSA) is 4.36 Å². The Labute approximate surface area is 49.5 Å². The van der Waals surface area contributed by atoms with Crippen LogP contribution in [0.25, 0.3) is 4.85 Å². The van der Waals surface area contributed by atoms with Crippen LogP contribution in [0.5, 0.6) is 0 Å². The Bertz CT molecular complexity index is 142. The number of nitrogens with zero attached hydrogens (tertiary/aromatic N) is 1. The molecule has 0 aromatic carbocycles.